The number of hydrogen-bond acceptors (Lipinski definition) is 6. The predicted octanol–water partition coefficient (Wildman–Crippen LogP) is 6.53. The summed E-state index contributed by atoms with van der Waals surface area (Å²) in [5.74, 6) is -0.0736. The van der Waals surface area contributed by atoms with Crippen LogP contribution in [-0.2, 0) is 20.7 Å². The highest BCUT2D eigenvalue weighted by Gasteiger charge is 2.38. The van der Waals surface area contributed by atoms with Gasteiger partial charge < -0.3 is 24.4 Å². The first kappa shape index (κ1) is 33.6. The molecule has 2 aromatic carbocycles. The molecule has 0 radical (unpaired) electrons. The number of fused-ring (bicyclic) bond motifs is 1. The van der Waals surface area contributed by atoms with Gasteiger partial charge in [0.15, 0.2) is 0 Å². The number of nitrogens with zero attached hydrogens (tertiary/aromatic N) is 2. The average molecular weight is 623 g/mol. The van der Waals surface area contributed by atoms with E-state index in [0.717, 1.165) is 48.7 Å². The van der Waals surface area contributed by atoms with Crippen LogP contribution in [0.4, 0.5) is 5.69 Å². The lowest BCUT2D eigenvalue weighted by molar-refractivity contribution is -0.145. The second-order valence-electron chi connectivity index (χ2n) is 12.1. The van der Waals surface area contributed by atoms with Gasteiger partial charge in [0.05, 0.1) is 31.4 Å². The fourth-order valence-electron chi connectivity index (χ4n) is 6.50. The van der Waals surface area contributed by atoms with Crippen molar-refractivity contribution in [3.8, 4) is 5.75 Å². The van der Waals surface area contributed by atoms with Gasteiger partial charge in [0.2, 0.25) is 5.91 Å². The van der Waals surface area contributed by atoms with Crippen LogP contribution >= 0.6 is 11.6 Å². The number of hydrogen-bond donors (Lipinski definition) is 1. The average Bonchev–Trinajstić information content (AvgIpc) is 3.19. The van der Waals surface area contributed by atoms with E-state index in [4.69, 9.17) is 21.1 Å². The predicted molar refractivity (Wildman–Crippen MR) is 177 cm³/mol. The first-order chi connectivity index (χ1) is 21.2. The molecule has 4 rings (SSSR count). The number of amides is 1. The molecule has 1 N–H and O–H groups in total. The van der Waals surface area contributed by atoms with Gasteiger partial charge in [-0.1, -0.05) is 49.2 Å². The minimum absolute atomic E-state index is 0.00393. The van der Waals surface area contributed by atoms with E-state index >= 15 is 0 Å². The molecule has 1 aliphatic carbocycles. The third-order valence-electron chi connectivity index (χ3n) is 9.24. The number of carbonyl (C=O) groups is 2. The van der Waals surface area contributed by atoms with E-state index in [0.29, 0.717) is 31.7 Å². The van der Waals surface area contributed by atoms with Gasteiger partial charge in [-0.25, -0.2) is 0 Å². The van der Waals surface area contributed by atoms with Crippen molar-refractivity contribution in [2.24, 2.45) is 11.8 Å². The molecule has 238 valence electrons. The lowest BCUT2D eigenvalue weighted by Crippen LogP contribution is -2.43. The molecule has 44 heavy (non-hydrogen) atoms. The van der Waals surface area contributed by atoms with Gasteiger partial charge in [-0.3, -0.25) is 9.59 Å². The number of methoxy groups -OCH3 is 1. The van der Waals surface area contributed by atoms with Crippen molar-refractivity contribution in [2.45, 2.75) is 63.4 Å². The number of anilines is 1. The van der Waals surface area contributed by atoms with E-state index in [2.05, 4.69) is 37.1 Å². The Morgan fingerprint density at radius 2 is 2.02 bits per heavy atom. The monoisotopic (exact) mass is 622 g/mol. The molecule has 2 aliphatic rings. The Labute approximate surface area is 267 Å². The maximum Gasteiger partial charge on any atom is 0.313 e. The van der Waals surface area contributed by atoms with Crippen molar-refractivity contribution in [1.29, 1.82) is 0 Å². The summed E-state index contributed by atoms with van der Waals surface area (Å²) in [6.07, 6.45) is 7.45. The maximum absolute atomic E-state index is 13.1. The zero-order valence-electron chi connectivity index (χ0n) is 26.3. The molecule has 1 fully saturated rings. The van der Waals surface area contributed by atoms with E-state index in [9.17, 15) is 14.7 Å². The van der Waals surface area contributed by atoms with Crippen molar-refractivity contribution in [2.75, 3.05) is 45.3 Å². The molecule has 1 amide bonds. The smallest absolute Gasteiger partial charge is 0.313 e. The van der Waals surface area contributed by atoms with Crippen LogP contribution in [0, 0.1) is 11.8 Å². The van der Waals surface area contributed by atoms with Crippen LogP contribution in [0.2, 0.25) is 5.02 Å². The summed E-state index contributed by atoms with van der Waals surface area (Å²) < 4.78 is 11.7. The number of esters is 1. The first-order valence-corrected chi connectivity index (χ1v) is 16.1. The number of aliphatic hydroxyl groups is 1. The summed E-state index contributed by atoms with van der Waals surface area (Å²) >= 11 is 6.40. The van der Waals surface area contributed by atoms with Crippen LogP contribution in [0.3, 0.4) is 0 Å². The number of halogens is 1. The summed E-state index contributed by atoms with van der Waals surface area (Å²) in [7, 11) is 3.09. The fourth-order valence-corrected chi connectivity index (χ4v) is 6.69. The summed E-state index contributed by atoms with van der Waals surface area (Å²) in [5, 5.41) is 11.3. The zero-order valence-corrected chi connectivity index (χ0v) is 27.1. The number of rotatable bonds is 14. The van der Waals surface area contributed by atoms with E-state index in [1.165, 1.54) is 18.2 Å². The van der Waals surface area contributed by atoms with Crippen LogP contribution in [-0.4, -0.2) is 68.4 Å². The Morgan fingerprint density at radius 3 is 2.68 bits per heavy atom. The molecule has 0 spiro atoms. The Bertz CT molecular complexity index is 1330. The molecule has 0 aromatic heterocycles. The molecule has 2 aromatic rings. The van der Waals surface area contributed by atoms with Gasteiger partial charge in [-0.2, -0.15) is 0 Å². The van der Waals surface area contributed by atoms with Gasteiger partial charge in [0, 0.05) is 44.0 Å². The van der Waals surface area contributed by atoms with Gasteiger partial charge in [-0.15, -0.1) is 13.2 Å². The summed E-state index contributed by atoms with van der Waals surface area (Å²) in [4.78, 5) is 30.1. The van der Waals surface area contributed by atoms with Crippen molar-refractivity contribution in [3.63, 3.8) is 0 Å². The second-order valence-corrected chi connectivity index (χ2v) is 12.6. The largest absolute Gasteiger partial charge is 0.491 e. The Kier molecular flexibility index (Phi) is 11.9. The number of aryl methyl sites for hydroxylation is 1. The molecular weight excluding hydrogens is 576 g/mol. The van der Waals surface area contributed by atoms with Gasteiger partial charge in [0.25, 0.3) is 0 Å². The second kappa shape index (κ2) is 15.6. The molecule has 1 aliphatic heterocycles. The van der Waals surface area contributed by atoms with Gasteiger partial charge >= 0.3 is 5.97 Å². The van der Waals surface area contributed by atoms with Crippen LogP contribution in [0.25, 0.3) is 0 Å². The Morgan fingerprint density at radius 1 is 1.23 bits per heavy atom. The maximum atomic E-state index is 13.1. The molecule has 0 bridgehead atoms. The third kappa shape index (κ3) is 7.86. The molecule has 1 heterocycles. The zero-order chi connectivity index (χ0) is 31.8. The summed E-state index contributed by atoms with van der Waals surface area (Å²) in [6.45, 7) is 12.2. The van der Waals surface area contributed by atoms with Crippen LogP contribution in [0.5, 0.6) is 5.75 Å². The molecule has 4 unspecified atom stereocenters. The number of benzene rings is 2. The van der Waals surface area contributed by atoms with E-state index < -0.39 is 18.0 Å². The molecule has 8 heteroatoms. The topological polar surface area (TPSA) is 79.3 Å². The highest BCUT2D eigenvalue weighted by molar-refractivity contribution is 6.30. The lowest BCUT2D eigenvalue weighted by atomic mass is 9.70. The summed E-state index contributed by atoms with van der Waals surface area (Å²) in [6, 6.07) is 11.9. The quantitative estimate of drug-likeness (QED) is 0.191. The van der Waals surface area contributed by atoms with Crippen molar-refractivity contribution in [1.82, 2.24) is 4.90 Å². The fraction of sp³-hybridized carbons (Fsp3) is 0.500. The van der Waals surface area contributed by atoms with E-state index in [-0.39, 0.29) is 30.1 Å². The van der Waals surface area contributed by atoms with Gasteiger partial charge in [-0.05, 0) is 78.5 Å². The highest BCUT2D eigenvalue weighted by atomic mass is 35.5. The van der Waals surface area contributed by atoms with Gasteiger partial charge in [0.1, 0.15) is 5.75 Å². The van der Waals surface area contributed by atoms with Crippen molar-refractivity contribution in [3.05, 3.63) is 83.4 Å². The highest BCUT2D eigenvalue weighted by Crippen LogP contribution is 2.43. The Hall–Kier alpha value is -3.29. The molecule has 5 atom stereocenters. The van der Waals surface area contributed by atoms with E-state index in [1.807, 2.05) is 24.3 Å². The van der Waals surface area contributed by atoms with Crippen LogP contribution < -0.4 is 9.64 Å². The molecule has 1 saturated carbocycles. The number of ether oxygens (including phenoxy) is 2. The van der Waals surface area contributed by atoms with Crippen LogP contribution in [0.1, 0.15) is 67.6 Å². The summed E-state index contributed by atoms with van der Waals surface area (Å²) in [5.41, 5.74) is 4.05. The number of carbonyl (C=O) groups excluding carboxylic acids is 2. The molecule has 0 saturated heterocycles. The lowest BCUT2D eigenvalue weighted by Gasteiger charge is -2.42. The standard InChI is InChI=1S/C36H47ClN2O5/c1-6-9-17-38(4)35(41)20-31(36(42)43-5)25-12-16-34-32(19-25)39(21-26-11-14-30(26)33(40)8-3)22-27(23-44-34)29-15-13-28(37)18-24(29)10-7-2/h6,8,12-13,15-16,18-19,26-27,30-31,33,40H,1,3,7,9-11,14,17,20-23H2,2,4-5H3/t26?,27?,30?,31-,33?/m0/s1. The van der Waals surface area contributed by atoms with Crippen LogP contribution in [0.15, 0.2) is 61.7 Å². The number of aliphatic hydroxyl groups excluding tert-OH is 1. The van der Waals surface area contributed by atoms with E-state index in [1.54, 1.807) is 24.1 Å². The molecular formula is C36H47ClN2O5. The minimum atomic E-state index is -0.753. The third-order valence-corrected chi connectivity index (χ3v) is 9.48. The minimum Gasteiger partial charge on any atom is -0.491 e. The SMILES string of the molecule is C=CCCN(C)C(=O)C[C@H](C(=O)OC)c1ccc2c(c1)N(CC1CCC1C(O)C=C)CC(c1ccc(Cl)cc1CCC)CO2. The Balaban J connectivity index is 1.70. The first-order valence-electron chi connectivity index (χ1n) is 15.7. The normalized spacial score (nSPS) is 20.7. The molecule has 7 nitrogen and oxygen atoms in total. The van der Waals surface area contributed by atoms with Crippen molar-refractivity contribution >= 4 is 29.2 Å². The van der Waals surface area contributed by atoms with Crippen molar-refractivity contribution < 1.29 is 24.2 Å².